The molecule has 2 heterocycles. The maximum atomic E-state index is 15.1. The molecule has 2 aromatic rings. The van der Waals surface area contributed by atoms with Gasteiger partial charge in [-0.25, -0.2) is 26.9 Å². The van der Waals surface area contributed by atoms with Gasteiger partial charge in [0, 0.05) is 12.0 Å². The summed E-state index contributed by atoms with van der Waals surface area (Å²) in [5.74, 6) is -20.3. The van der Waals surface area contributed by atoms with Crippen molar-refractivity contribution in [2.45, 2.75) is 66.7 Å². The van der Waals surface area contributed by atoms with Crippen molar-refractivity contribution < 1.29 is 46.2 Å². The summed E-state index contributed by atoms with van der Waals surface area (Å²) in [7, 11) is 0. The molecule has 5 aliphatic rings. The third-order valence-electron chi connectivity index (χ3n) is 10.4. The van der Waals surface area contributed by atoms with Gasteiger partial charge in [0.2, 0.25) is 17.6 Å². The van der Waals surface area contributed by atoms with Crippen LogP contribution in [-0.4, -0.2) is 49.4 Å². The Morgan fingerprint density at radius 2 is 1.35 bits per heavy atom. The molecule has 7 nitrogen and oxygen atoms in total. The third-order valence-corrected chi connectivity index (χ3v) is 11.8. The van der Waals surface area contributed by atoms with Gasteiger partial charge < -0.3 is 5.11 Å². The number of aromatic hydroxyl groups is 1. The number of nitrogens with zero attached hydrogens (tertiary/aromatic N) is 2. The predicted octanol–water partition coefficient (Wildman–Crippen LogP) is 5.98. The molecule has 4 amide bonds. The Hall–Kier alpha value is -3.51. The number of amides is 4. The molecule has 2 saturated carbocycles. The number of halogens is 7. The van der Waals surface area contributed by atoms with Crippen LogP contribution >= 0.6 is 23.2 Å². The number of phenolic OH excluding ortho intramolecular Hbond substituents is 1. The van der Waals surface area contributed by atoms with Crippen molar-refractivity contribution in [3.63, 3.8) is 0 Å². The molecule has 7 rings (SSSR count). The predicted molar refractivity (Wildman–Crippen MR) is 153 cm³/mol. The molecule has 0 radical (unpaired) electrons. The highest BCUT2D eigenvalue weighted by atomic mass is 35.5. The fourth-order valence-electron chi connectivity index (χ4n) is 8.33. The average molecular weight is 683 g/mol. The number of allylic oxidation sites excluding steroid dienone is 2. The number of benzene rings is 2. The molecule has 1 N–H and O–H groups in total. The van der Waals surface area contributed by atoms with E-state index in [2.05, 4.69) is 0 Å². The monoisotopic (exact) mass is 682 g/mol. The zero-order valence-corrected chi connectivity index (χ0v) is 25.4. The number of phenols is 1. The van der Waals surface area contributed by atoms with E-state index in [1.807, 2.05) is 0 Å². The van der Waals surface area contributed by atoms with Crippen molar-refractivity contribution in [2.24, 2.45) is 17.8 Å². The highest BCUT2D eigenvalue weighted by molar-refractivity contribution is 6.58. The Bertz CT molecular complexity index is 1740. The molecule has 2 saturated heterocycles. The molecule has 0 spiro atoms. The summed E-state index contributed by atoms with van der Waals surface area (Å²) in [5, 5.41) is 9.97. The number of likely N-dealkylation sites (tertiary alicyclic amines) is 1. The summed E-state index contributed by atoms with van der Waals surface area (Å²) in [6.45, 7) is 0. The standard InChI is InChI=1S/C32H25Cl2F5N2O5/c33-31-12-18-16(10-11-17-19(18)28(44)40(27(17)43)14-4-2-1-3-5-14)20(13-6-8-15(42)9-7-13)32(31,34)30(46)41(29(31)45)26-24(38)22(36)21(35)23(37)25(26)39/h6-10,14,17-20,42H,1-5,11-12H2. The van der Waals surface area contributed by atoms with Gasteiger partial charge in [-0.3, -0.25) is 24.1 Å². The number of imide groups is 2. The number of alkyl halides is 2. The second-order valence-corrected chi connectivity index (χ2v) is 13.9. The lowest BCUT2D eigenvalue weighted by Gasteiger charge is -2.50. The molecule has 6 unspecified atom stereocenters. The van der Waals surface area contributed by atoms with Crippen LogP contribution in [0.25, 0.3) is 0 Å². The van der Waals surface area contributed by atoms with Crippen LogP contribution < -0.4 is 4.90 Å². The first kappa shape index (κ1) is 31.1. The minimum absolute atomic E-state index is 0.0879. The summed E-state index contributed by atoms with van der Waals surface area (Å²) in [4.78, 5) is 52.1. The van der Waals surface area contributed by atoms with Crippen LogP contribution in [0.1, 0.15) is 56.4 Å². The van der Waals surface area contributed by atoms with E-state index in [1.54, 1.807) is 6.08 Å². The van der Waals surface area contributed by atoms with E-state index in [9.17, 15) is 37.5 Å². The van der Waals surface area contributed by atoms with Crippen molar-refractivity contribution in [1.82, 2.24) is 4.90 Å². The van der Waals surface area contributed by atoms with Gasteiger partial charge in [0.1, 0.15) is 11.4 Å². The van der Waals surface area contributed by atoms with Crippen LogP contribution in [0.15, 0.2) is 35.9 Å². The Morgan fingerprint density at radius 1 is 0.761 bits per heavy atom. The van der Waals surface area contributed by atoms with E-state index in [0.717, 1.165) is 19.3 Å². The lowest BCUT2D eigenvalue weighted by Crippen LogP contribution is -2.60. The van der Waals surface area contributed by atoms with E-state index in [0.29, 0.717) is 18.4 Å². The average Bonchev–Trinajstić information content (AvgIpc) is 3.38. The van der Waals surface area contributed by atoms with Crippen molar-refractivity contribution in [1.29, 1.82) is 0 Å². The SMILES string of the molecule is O=C1C2CC=C3C(CC4(Cl)C(=O)N(c5c(F)c(F)c(F)c(F)c5F)C(=O)C4(Cl)C3c3ccc(O)cc3)C2C(=O)N1C1CCCCC1. The number of hydrogen-bond donors (Lipinski definition) is 1. The van der Waals surface area contributed by atoms with Gasteiger partial charge in [-0.1, -0.05) is 43.0 Å². The minimum atomic E-state index is -2.59. The second kappa shape index (κ2) is 10.5. The Morgan fingerprint density at radius 3 is 1.96 bits per heavy atom. The molecule has 14 heteroatoms. The van der Waals surface area contributed by atoms with E-state index in [4.69, 9.17) is 23.2 Å². The first-order valence-corrected chi connectivity index (χ1v) is 15.6. The van der Waals surface area contributed by atoms with Gasteiger partial charge in [-0.2, -0.15) is 0 Å². The van der Waals surface area contributed by atoms with Crippen molar-refractivity contribution >= 4 is 52.5 Å². The van der Waals surface area contributed by atoms with Gasteiger partial charge in [0.15, 0.2) is 33.0 Å². The summed E-state index contributed by atoms with van der Waals surface area (Å²) >= 11 is 14.2. The van der Waals surface area contributed by atoms with Gasteiger partial charge in [-0.15, -0.1) is 23.2 Å². The van der Waals surface area contributed by atoms with Gasteiger partial charge in [-0.05, 0) is 49.3 Å². The second-order valence-electron chi connectivity index (χ2n) is 12.6. The van der Waals surface area contributed by atoms with E-state index in [1.165, 1.54) is 29.2 Å². The topological polar surface area (TPSA) is 95.0 Å². The molecule has 46 heavy (non-hydrogen) atoms. The van der Waals surface area contributed by atoms with Gasteiger partial charge in [0.05, 0.1) is 11.8 Å². The number of anilines is 1. The van der Waals surface area contributed by atoms with Crippen molar-refractivity contribution in [3.8, 4) is 5.75 Å². The first-order valence-electron chi connectivity index (χ1n) is 14.9. The Labute approximate surface area is 268 Å². The Kier molecular flexibility index (Phi) is 7.10. The maximum absolute atomic E-state index is 15.1. The van der Waals surface area contributed by atoms with Gasteiger partial charge in [0.25, 0.3) is 11.8 Å². The fraction of sp³-hybridized carbons (Fsp3) is 0.438. The molecule has 2 aromatic carbocycles. The number of carbonyl (C=O) groups excluding carboxylic acids is 4. The lowest BCUT2D eigenvalue weighted by molar-refractivity contribution is -0.143. The van der Waals surface area contributed by atoms with E-state index in [-0.39, 0.29) is 34.6 Å². The van der Waals surface area contributed by atoms with Crippen LogP contribution in [0.3, 0.4) is 0 Å². The fourth-order valence-corrected chi connectivity index (χ4v) is 9.27. The molecule has 0 bridgehead atoms. The van der Waals surface area contributed by atoms with E-state index < -0.39 is 92.3 Å². The molecule has 2 aliphatic heterocycles. The highest BCUT2D eigenvalue weighted by Gasteiger charge is 2.77. The van der Waals surface area contributed by atoms with Crippen LogP contribution in [0.4, 0.5) is 27.6 Å². The van der Waals surface area contributed by atoms with E-state index >= 15 is 8.78 Å². The van der Waals surface area contributed by atoms with Crippen molar-refractivity contribution in [2.75, 3.05) is 4.90 Å². The summed E-state index contributed by atoms with van der Waals surface area (Å²) < 4.78 is 72.8. The summed E-state index contributed by atoms with van der Waals surface area (Å²) in [6, 6.07) is 4.99. The number of fused-ring (bicyclic) bond motifs is 4. The molecule has 3 aliphatic carbocycles. The highest BCUT2D eigenvalue weighted by Crippen LogP contribution is 2.66. The smallest absolute Gasteiger partial charge is 0.258 e. The third kappa shape index (κ3) is 3.88. The minimum Gasteiger partial charge on any atom is -0.508 e. The Balaban J connectivity index is 1.40. The van der Waals surface area contributed by atoms with Gasteiger partial charge >= 0.3 is 0 Å². The molecule has 0 aromatic heterocycles. The van der Waals surface area contributed by atoms with Crippen LogP contribution in [0, 0.1) is 46.8 Å². The molecular formula is C32H25Cl2F5N2O5. The van der Waals surface area contributed by atoms with Crippen molar-refractivity contribution in [3.05, 3.63) is 70.6 Å². The zero-order valence-electron chi connectivity index (χ0n) is 23.8. The molecule has 4 fully saturated rings. The number of hydrogen-bond acceptors (Lipinski definition) is 5. The molecular weight excluding hydrogens is 658 g/mol. The first-order chi connectivity index (χ1) is 21.8. The summed E-state index contributed by atoms with van der Waals surface area (Å²) in [6.07, 6.45) is 5.15. The normalized spacial score (nSPS) is 32.9. The largest absolute Gasteiger partial charge is 0.508 e. The lowest BCUT2D eigenvalue weighted by atomic mass is 9.56. The maximum Gasteiger partial charge on any atom is 0.258 e. The summed E-state index contributed by atoms with van der Waals surface area (Å²) in [5.41, 5.74) is -1.24. The number of carbonyl (C=O) groups is 4. The molecule has 6 atom stereocenters. The number of rotatable bonds is 3. The molecule has 242 valence electrons. The zero-order chi connectivity index (χ0) is 33.0. The van der Waals surface area contributed by atoms with Crippen LogP contribution in [0.5, 0.6) is 5.75 Å². The van der Waals surface area contributed by atoms with Crippen LogP contribution in [-0.2, 0) is 19.2 Å². The van der Waals surface area contributed by atoms with Crippen LogP contribution in [0.2, 0.25) is 0 Å². The quantitative estimate of drug-likeness (QED) is 0.107.